The number of hydrogen-bond donors (Lipinski definition) is 0. The van der Waals surface area contributed by atoms with E-state index in [1.54, 1.807) is 18.4 Å². The van der Waals surface area contributed by atoms with E-state index in [1.807, 2.05) is 0 Å². The van der Waals surface area contributed by atoms with Crippen molar-refractivity contribution in [3.05, 3.63) is 17.2 Å². The molecule has 0 radical (unpaired) electrons. The molecular weight excluding hydrogens is 236 g/mol. The number of aromatic nitrogens is 2. The van der Waals surface area contributed by atoms with Crippen LogP contribution in [-0.4, -0.2) is 34.7 Å². The second kappa shape index (κ2) is 5.20. The highest BCUT2D eigenvalue weighted by Gasteiger charge is 2.30. The second-order valence-corrected chi connectivity index (χ2v) is 3.92. The minimum atomic E-state index is -0.567. The quantitative estimate of drug-likeness (QED) is 0.752. The third-order valence-corrected chi connectivity index (χ3v) is 2.77. The summed E-state index contributed by atoms with van der Waals surface area (Å²) >= 11 is 0. The standard InChI is InChI=1S/C12H16N2O4/c1-3-17-11(15)9-10(12(16)18-4-2)14-7-5-6-8(14)13-9/h3-7H2,1-2H3. The van der Waals surface area contributed by atoms with Crippen LogP contribution in [0.4, 0.5) is 0 Å². The van der Waals surface area contributed by atoms with Gasteiger partial charge in [-0.25, -0.2) is 14.6 Å². The van der Waals surface area contributed by atoms with E-state index in [-0.39, 0.29) is 24.6 Å². The molecule has 1 aliphatic rings. The first-order chi connectivity index (χ1) is 8.69. The van der Waals surface area contributed by atoms with Gasteiger partial charge in [0.05, 0.1) is 13.2 Å². The molecule has 2 rings (SSSR count). The van der Waals surface area contributed by atoms with Gasteiger partial charge in [-0.1, -0.05) is 0 Å². The molecule has 0 saturated heterocycles. The highest BCUT2D eigenvalue weighted by Crippen LogP contribution is 2.21. The first-order valence-electron chi connectivity index (χ1n) is 6.12. The van der Waals surface area contributed by atoms with Gasteiger partial charge in [-0.3, -0.25) is 0 Å². The number of hydrogen-bond acceptors (Lipinski definition) is 5. The molecule has 2 heterocycles. The van der Waals surface area contributed by atoms with Crippen LogP contribution >= 0.6 is 0 Å². The molecule has 6 nitrogen and oxygen atoms in total. The summed E-state index contributed by atoms with van der Waals surface area (Å²) in [6, 6.07) is 0. The number of carbonyl (C=O) groups excluding carboxylic acids is 2. The lowest BCUT2D eigenvalue weighted by Crippen LogP contribution is -2.17. The van der Waals surface area contributed by atoms with Crippen LogP contribution in [-0.2, 0) is 22.4 Å². The molecule has 0 aromatic carbocycles. The van der Waals surface area contributed by atoms with E-state index in [9.17, 15) is 9.59 Å². The predicted octanol–water partition coefficient (Wildman–Crippen LogP) is 1.18. The largest absolute Gasteiger partial charge is 0.461 e. The molecule has 1 aromatic heterocycles. The highest BCUT2D eigenvalue weighted by atomic mass is 16.5. The van der Waals surface area contributed by atoms with Gasteiger partial charge in [-0.2, -0.15) is 0 Å². The summed E-state index contributed by atoms with van der Waals surface area (Å²) in [4.78, 5) is 27.9. The van der Waals surface area contributed by atoms with Crippen LogP contribution in [0, 0.1) is 0 Å². The maximum Gasteiger partial charge on any atom is 0.359 e. The SMILES string of the molecule is CCOC(=O)c1nc2n(c1C(=O)OCC)CCC2. The summed E-state index contributed by atoms with van der Waals surface area (Å²) in [7, 11) is 0. The van der Waals surface area contributed by atoms with E-state index in [1.165, 1.54) is 0 Å². The lowest BCUT2D eigenvalue weighted by atomic mass is 10.3. The first-order valence-corrected chi connectivity index (χ1v) is 6.12. The molecule has 6 heteroatoms. The van der Waals surface area contributed by atoms with Crippen molar-refractivity contribution in [2.75, 3.05) is 13.2 Å². The molecule has 0 N–H and O–H groups in total. The highest BCUT2D eigenvalue weighted by molar-refractivity contribution is 6.01. The van der Waals surface area contributed by atoms with E-state index in [0.29, 0.717) is 6.54 Å². The second-order valence-electron chi connectivity index (χ2n) is 3.92. The van der Waals surface area contributed by atoms with E-state index in [2.05, 4.69) is 4.98 Å². The number of carbonyl (C=O) groups is 2. The maximum atomic E-state index is 11.9. The van der Waals surface area contributed by atoms with Crippen LogP contribution in [0.2, 0.25) is 0 Å². The van der Waals surface area contributed by atoms with Crippen LogP contribution in [0.15, 0.2) is 0 Å². The number of rotatable bonds is 4. The van der Waals surface area contributed by atoms with Gasteiger partial charge in [0.1, 0.15) is 5.82 Å². The number of nitrogens with zero attached hydrogens (tertiary/aromatic N) is 2. The van der Waals surface area contributed by atoms with Gasteiger partial charge < -0.3 is 14.0 Å². The van der Waals surface area contributed by atoms with Gasteiger partial charge in [-0.15, -0.1) is 0 Å². The van der Waals surface area contributed by atoms with E-state index in [4.69, 9.17) is 9.47 Å². The molecule has 0 fully saturated rings. The zero-order valence-corrected chi connectivity index (χ0v) is 10.6. The Labute approximate surface area is 105 Å². The molecule has 1 aromatic rings. The van der Waals surface area contributed by atoms with Gasteiger partial charge in [-0.05, 0) is 20.3 Å². The minimum Gasteiger partial charge on any atom is -0.461 e. The summed E-state index contributed by atoms with van der Waals surface area (Å²) in [6.07, 6.45) is 1.70. The molecule has 18 heavy (non-hydrogen) atoms. The maximum absolute atomic E-state index is 11.9. The van der Waals surface area contributed by atoms with Gasteiger partial charge >= 0.3 is 11.9 Å². The van der Waals surface area contributed by atoms with Crippen molar-refractivity contribution in [3.63, 3.8) is 0 Å². The fourth-order valence-corrected chi connectivity index (χ4v) is 2.07. The third kappa shape index (κ3) is 2.10. The molecule has 0 spiro atoms. The molecule has 0 unspecified atom stereocenters. The number of imidazole rings is 1. The lowest BCUT2D eigenvalue weighted by molar-refractivity contribution is 0.0467. The molecule has 0 amide bonds. The van der Waals surface area contributed by atoms with Gasteiger partial charge in [0, 0.05) is 13.0 Å². The van der Waals surface area contributed by atoms with Crippen molar-refractivity contribution in [2.45, 2.75) is 33.2 Å². The Kier molecular flexibility index (Phi) is 3.64. The minimum absolute atomic E-state index is 0.0741. The van der Waals surface area contributed by atoms with Crippen LogP contribution in [0.1, 0.15) is 47.1 Å². The van der Waals surface area contributed by atoms with E-state index in [0.717, 1.165) is 18.7 Å². The molecule has 0 saturated carbocycles. The lowest BCUT2D eigenvalue weighted by Gasteiger charge is -2.06. The van der Waals surface area contributed by atoms with Crippen LogP contribution in [0.25, 0.3) is 0 Å². The van der Waals surface area contributed by atoms with E-state index < -0.39 is 11.9 Å². The fourth-order valence-electron chi connectivity index (χ4n) is 2.07. The smallest absolute Gasteiger partial charge is 0.359 e. The topological polar surface area (TPSA) is 70.4 Å². The average Bonchev–Trinajstić information content (AvgIpc) is 2.88. The molecule has 0 atom stereocenters. The fraction of sp³-hybridized carbons (Fsp3) is 0.583. The Morgan fingerprint density at radius 1 is 1.22 bits per heavy atom. The van der Waals surface area contributed by atoms with Crippen molar-refractivity contribution in [1.82, 2.24) is 9.55 Å². The van der Waals surface area contributed by atoms with Gasteiger partial charge in [0.25, 0.3) is 0 Å². The summed E-state index contributed by atoms with van der Waals surface area (Å²) in [5.74, 6) is -0.329. The summed E-state index contributed by atoms with van der Waals surface area (Å²) in [5.41, 5.74) is 0.299. The van der Waals surface area contributed by atoms with Crippen LogP contribution in [0.3, 0.4) is 0 Å². The van der Waals surface area contributed by atoms with Crippen molar-refractivity contribution in [3.8, 4) is 0 Å². The van der Waals surface area contributed by atoms with Crippen LogP contribution in [0.5, 0.6) is 0 Å². The predicted molar refractivity (Wildman–Crippen MR) is 62.5 cm³/mol. The molecule has 1 aliphatic heterocycles. The van der Waals surface area contributed by atoms with E-state index >= 15 is 0 Å². The number of ether oxygens (including phenoxy) is 2. The van der Waals surface area contributed by atoms with Crippen molar-refractivity contribution in [2.24, 2.45) is 0 Å². The van der Waals surface area contributed by atoms with Crippen molar-refractivity contribution >= 4 is 11.9 Å². The average molecular weight is 252 g/mol. The Balaban J connectivity index is 2.40. The van der Waals surface area contributed by atoms with Crippen molar-refractivity contribution in [1.29, 1.82) is 0 Å². The zero-order chi connectivity index (χ0) is 13.1. The zero-order valence-electron chi connectivity index (χ0n) is 10.6. The Hall–Kier alpha value is -1.85. The normalized spacial score (nSPS) is 13.2. The molecule has 0 aliphatic carbocycles. The Bertz CT molecular complexity index is 479. The third-order valence-electron chi connectivity index (χ3n) is 2.77. The summed E-state index contributed by atoms with van der Waals surface area (Å²) < 4.78 is 11.6. The summed E-state index contributed by atoms with van der Waals surface area (Å²) in [6.45, 7) is 4.65. The Morgan fingerprint density at radius 2 is 1.89 bits per heavy atom. The van der Waals surface area contributed by atoms with Crippen molar-refractivity contribution < 1.29 is 19.1 Å². The first kappa shape index (κ1) is 12.6. The van der Waals surface area contributed by atoms with Gasteiger partial charge in [0.15, 0.2) is 11.4 Å². The number of esters is 2. The monoisotopic (exact) mass is 252 g/mol. The molecular formula is C12H16N2O4. The van der Waals surface area contributed by atoms with Crippen LogP contribution < -0.4 is 0 Å². The summed E-state index contributed by atoms with van der Waals surface area (Å²) in [5, 5.41) is 0. The Morgan fingerprint density at radius 3 is 2.56 bits per heavy atom. The molecule has 98 valence electrons. The number of aryl methyl sites for hydroxylation is 1. The molecule has 0 bridgehead atoms. The number of fused-ring (bicyclic) bond motifs is 1. The van der Waals surface area contributed by atoms with Gasteiger partial charge in [0.2, 0.25) is 0 Å².